The van der Waals surface area contributed by atoms with E-state index in [1.54, 1.807) is 19.2 Å². The summed E-state index contributed by atoms with van der Waals surface area (Å²) in [5.41, 5.74) is 0.166. The molecular formula is C10H10F3N3. The summed E-state index contributed by atoms with van der Waals surface area (Å²) in [5, 5.41) is 2.79. The zero-order valence-electron chi connectivity index (χ0n) is 8.76. The van der Waals surface area contributed by atoms with Gasteiger partial charge in [-0.1, -0.05) is 0 Å². The molecule has 2 rings (SSSR count). The molecule has 0 aromatic carbocycles. The number of rotatable bonds is 1. The molecule has 86 valence electrons. The van der Waals surface area contributed by atoms with Crippen molar-refractivity contribution in [2.75, 3.05) is 12.4 Å². The highest BCUT2D eigenvalue weighted by Crippen LogP contribution is 2.32. The van der Waals surface area contributed by atoms with Crippen LogP contribution in [0.25, 0.3) is 5.65 Å². The number of halogens is 3. The van der Waals surface area contributed by atoms with Crippen molar-refractivity contribution in [3.63, 3.8) is 0 Å². The van der Waals surface area contributed by atoms with Crippen molar-refractivity contribution >= 4 is 11.3 Å². The van der Waals surface area contributed by atoms with Crippen molar-refractivity contribution in [1.82, 2.24) is 9.38 Å². The predicted molar refractivity (Wildman–Crippen MR) is 54.5 cm³/mol. The van der Waals surface area contributed by atoms with Crippen LogP contribution in [0.5, 0.6) is 0 Å². The van der Waals surface area contributed by atoms with Crippen LogP contribution < -0.4 is 5.32 Å². The van der Waals surface area contributed by atoms with Gasteiger partial charge in [-0.05, 0) is 19.1 Å². The van der Waals surface area contributed by atoms with E-state index in [0.29, 0.717) is 11.3 Å². The molecule has 0 bridgehead atoms. The lowest BCUT2D eigenvalue weighted by Crippen LogP contribution is -2.10. The molecule has 0 radical (unpaired) electrons. The Morgan fingerprint density at radius 2 is 2.00 bits per heavy atom. The van der Waals surface area contributed by atoms with Crippen molar-refractivity contribution < 1.29 is 13.2 Å². The number of pyridine rings is 1. The third kappa shape index (κ3) is 1.60. The van der Waals surface area contributed by atoms with E-state index >= 15 is 0 Å². The van der Waals surface area contributed by atoms with Crippen molar-refractivity contribution in [3.05, 3.63) is 29.7 Å². The van der Waals surface area contributed by atoms with Crippen LogP contribution >= 0.6 is 0 Å². The van der Waals surface area contributed by atoms with Gasteiger partial charge in [-0.2, -0.15) is 13.2 Å². The SMILES string of the molecule is CNc1ccc2nc(C)c(C(F)(F)F)n2c1. The van der Waals surface area contributed by atoms with E-state index < -0.39 is 11.9 Å². The molecule has 0 amide bonds. The quantitative estimate of drug-likeness (QED) is 0.814. The van der Waals surface area contributed by atoms with Crippen molar-refractivity contribution in [3.8, 4) is 0 Å². The third-order valence-corrected chi connectivity index (χ3v) is 2.35. The number of anilines is 1. The zero-order valence-corrected chi connectivity index (χ0v) is 8.76. The van der Waals surface area contributed by atoms with Crippen LogP contribution in [0.2, 0.25) is 0 Å². The van der Waals surface area contributed by atoms with Gasteiger partial charge < -0.3 is 5.32 Å². The number of nitrogens with zero attached hydrogens (tertiary/aromatic N) is 2. The number of hydrogen-bond acceptors (Lipinski definition) is 2. The van der Waals surface area contributed by atoms with Crippen LogP contribution in [0.15, 0.2) is 18.3 Å². The van der Waals surface area contributed by atoms with Crippen LogP contribution in [-0.2, 0) is 6.18 Å². The van der Waals surface area contributed by atoms with Crippen molar-refractivity contribution in [2.45, 2.75) is 13.1 Å². The lowest BCUT2D eigenvalue weighted by atomic mass is 10.3. The summed E-state index contributed by atoms with van der Waals surface area (Å²) >= 11 is 0. The van der Waals surface area contributed by atoms with E-state index in [2.05, 4.69) is 10.3 Å². The molecule has 1 N–H and O–H groups in total. The minimum absolute atomic E-state index is 0.0132. The van der Waals surface area contributed by atoms with Crippen LogP contribution in [0.3, 0.4) is 0 Å². The lowest BCUT2D eigenvalue weighted by Gasteiger charge is -2.08. The molecule has 3 nitrogen and oxygen atoms in total. The highest BCUT2D eigenvalue weighted by atomic mass is 19.4. The van der Waals surface area contributed by atoms with Crippen molar-refractivity contribution in [1.29, 1.82) is 0 Å². The normalized spacial score (nSPS) is 12.1. The Balaban J connectivity index is 2.76. The maximum Gasteiger partial charge on any atom is 0.433 e. The van der Waals surface area contributed by atoms with Gasteiger partial charge in [-0.3, -0.25) is 4.40 Å². The fourth-order valence-electron chi connectivity index (χ4n) is 1.65. The van der Waals surface area contributed by atoms with E-state index in [1.165, 1.54) is 13.1 Å². The molecule has 2 heterocycles. The Labute approximate surface area is 89.9 Å². The molecule has 0 atom stereocenters. The smallest absolute Gasteiger partial charge is 0.387 e. The van der Waals surface area contributed by atoms with Crippen LogP contribution in [0, 0.1) is 6.92 Å². The number of aromatic nitrogens is 2. The summed E-state index contributed by atoms with van der Waals surface area (Å²) in [5.74, 6) is 0. The first-order valence-electron chi connectivity index (χ1n) is 4.67. The fraction of sp³-hybridized carbons (Fsp3) is 0.300. The minimum Gasteiger partial charge on any atom is -0.387 e. The summed E-state index contributed by atoms with van der Waals surface area (Å²) in [6, 6.07) is 3.23. The first kappa shape index (κ1) is 10.8. The molecule has 0 spiro atoms. The molecule has 6 heteroatoms. The average molecular weight is 229 g/mol. The highest BCUT2D eigenvalue weighted by Gasteiger charge is 2.36. The molecule has 0 saturated carbocycles. The van der Waals surface area contributed by atoms with E-state index in [1.807, 2.05) is 0 Å². The van der Waals surface area contributed by atoms with Crippen LogP contribution in [-0.4, -0.2) is 16.4 Å². The van der Waals surface area contributed by atoms with Crippen LogP contribution in [0.1, 0.15) is 11.4 Å². The summed E-state index contributed by atoms with van der Waals surface area (Å²) in [6.07, 6.45) is -3.01. The lowest BCUT2D eigenvalue weighted by molar-refractivity contribution is -0.142. The summed E-state index contributed by atoms with van der Waals surface area (Å²) < 4.78 is 39.4. The third-order valence-electron chi connectivity index (χ3n) is 2.35. The molecule has 2 aromatic rings. The molecule has 0 aliphatic carbocycles. The molecule has 2 aromatic heterocycles. The molecular weight excluding hydrogens is 219 g/mol. The molecule has 0 aliphatic heterocycles. The van der Waals surface area contributed by atoms with Gasteiger partial charge in [0, 0.05) is 13.2 Å². The summed E-state index contributed by atoms with van der Waals surface area (Å²) in [7, 11) is 1.65. The first-order chi connectivity index (χ1) is 7.43. The number of nitrogens with one attached hydrogen (secondary N) is 1. The van der Waals surface area contributed by atoms with Gasteiger partial charge >= 0.3 is 6.18 Å². The number of hydrogen-bond donors (Lipinski definition) is 1. The average Bonchev–Trinajstić information content (AvgIpc) is 2.51. The van der Waals surface area contributed by atoms with Gasteiger partial charge in [-0.15, -0.1) is 0 Å². The maximum absolute atomic E-state index is 12.8. The van der Waals surface area contributed by atoms with Crippen LogP contribution in [0.4, 0.5) is 18.9 Å². The number of aryl methyl sites for hydroxylation is 1. The molecule has 0 unspecified atom stereocenters. The highest BCUT2D eigenvalue weighted by molar-refractivity contribution is 5.52. The van der Waals surface area contributed by atoms with E-state index in [9.17, 15) is 13.2 Å². The monoisotopic (exact) mass is 229 g/mol. The van der Waals surface area contributed by atoms with E-state index in [4.69, 9.17) is 0 Å². The number of alkyl halides is 3. The first-order valence-corrected chi connectivity index (χ1v) is 4.67. The molecule has 16 heavy (non-hydrogen) atoms. The zero-order chi connectivity index (χ0) is 11.9. The fourth-order valence-corrected chi connectivity index (χ4v) is 1.65. The Hall–Kier alpha value is -1.72. The van der Waals surface area contributed by atoms with Gasteiger partial charge in [0.25, 0.3) is 0 Å². The summed E-state index contributed by atoms with van der Waals surface area (Å²) in [4.78, 5) is 3.87. The standard InChI is InChI=1S/C10H10F3N3/c1-6-9(10(11,12)13)16-5-7(14-2)3-4-8(16)15-6/h3-5,14H,1-2H3. The Morgan fingerprint density at radius 3 is 2.56 bits per heavy atom. The van der Waals surface area contributed by atoms with Crippen molar-refractivity contribution in [2.24, 2.45) is 0 Å². The Kier molecular flexibility index (Phi) is 2.29. The maximum atomic E-state index is 12.8. The van der Waals surface area contributed by atoms with Gasteiger partial charge in [0.05, 0.1) is 11.4 Å². The topological polar surface area (TPSA) is 29.3 Å². The Bertz CT molecular complexity index is 528. The number of fused-ring (bicyclic) bond motifs is 1. The predicted octanol–water partition coefficient (Wildman–Crippen LogP) is 2.70. The van der Waals surface area contributed by atoms with Gasteiger partial charge in [0.2, 0.25) is 0 Å². The van der Waals surface area contributed by atoms with Gasteiger partial charge in [-0.25, -0.2) is 4.98 Å². The van der Waals surface area contributed by atoms with Gasteiger partial charge in [0.15, 0.2) is 5.69 Å². The number of imidazole rings is 1. The van der Waals surface area contributed by atoms with Gasteiger partial charge in [0.1, 0.15) is 5.65 Å². The second kappa shape index (κ2) is 3.40. The molecule has 0 saturated heterocycles. The second-order valence-corrected chi connectivity index (χ2v) is 3.44. The minimum atomic E-state index is -4.39. The molecule has 0 aliphatic rings. The summed E-state index contributed by atoms with van der Waals surface area (Å²) in [6.45, 7) is 1.36. The van der Waals surface area contributed by atoms with E-state index in [0.717, 1.165) is 4.40 Å². The molecule has 0 fully saturated rings. The van der Waals surface area contributed by atoms with E-state index in [-0.39, 0.29) is 5.69 Å². The largest absolute Gasteiger partial charge is 0.433 e. The Morgan fingerprint density at radius 1 is 1.31 bits per heavy atom. The second-order valence-electron chi connectivity index (χ2n) is 3.44.